The molecule has 0 aromatic heterocycles. The van der Waals surface area contributed by atoms with E-state index in [1.165, 1.54) is 10.8 Å². The summed E-state index contributed by atoms with van der Waals surface area (Å²) in [5.74, 6) is -0.00825. The standard InChI is InChI=1S/C23H30N2O3/c1-16(19-10-9-17-7-5-6-8-20(17)15-19)24-21(26)18-11-13-25(14-12-18)22(27)28-23(2,3)4/h5-10,15-16,18H,11-14H2,1-4H3,(H,24,26). The van der Waals surface area contributed by atoms with Crippen LogP contribution in [0.3, 0.4) is 0 Å². The molecule has 1 saturated heterocycles. The molecule has 1 aliphatic heterocycles. The van der Waals surface area contributed by atoms with Crippen LogP contribution in [-0.4, -0.2) is 35.6 Å². The summed E-state index contributed by atoms with van der Waals surface area (Å²) in [6, 6.07) is 14.4. The number of nitrogens with zero attached hydrogens (tertiary/aromatic N) is 1. The van der Waals surface area contributed by atoms with Gasteiger partial charge in [-0.05, 0) is 62.9 Å². The molecule has 1 unspecified atom stereocenters. The first-order valence-electron chi connectivity index (χ1n) is 10.00. The lowest BCUT2D eigenvalue weighted by atomic mass is 9.95. The molecule has 1 aliphatic rings. The lowest BCUT2D eigenvalue weighted by Crippen LogP contribution is -2.45. The molecule has 2 aromatic carbocycles. The number of carbonyl (C=O) groups is 2. The summed E-state index contributed by atoms with van der Waals surface area (Å²) in [4.78, 5) is 26.6. The summed E-state index contributed by atoms with van der Waals surface area (Å²) >= 11 is 0. The van der Waals surface area contributed by atoms with Gasteiger partial charge in [-0.15, -0.1) is 0 Å². The maximum Gasteiger partial charge on any atom is 0.410 e. The number of rotatable bonds is 3. The van der Waals surface area contributed by atoms with Gasteiger partial charge in [-0.1, -0.05) is 36.4 Å². The molecule has 1 N–H and O–H groups in total. The number of hydrogen-bond acceptors (Lipinski definition) is 3. The van der Waals surface area contributed by atoms with Gasteiger partial charge in [0.1, 0.15) is 5.60 Å². The van der Waals surface area contributed by atoms with Crippen LogP contribution in [0.4, 0.5) is 4.79 Å². The number of amides is 2. The van der Waals surface area contributed by atoms with Crippen molar-refractivity contribution >= 4 is 22.8 Å². The van der Waals surface area contributed by atoms with E-state index in [1.807, 2.05) is 39.8 Å². The van der Waals surface area contributed by atoms with Crippen molar-refractivity contribution in [2.75, 3.05) is 13.1 Å². The molecule has 1 atom stereocenters. The van der Waals surface area contributed by atoms with Gasteiger partial charge in [-0.25, -0.2) is 4.79 Å². The topological polar surface area (TPSA) is 58.6 Å². The Morgan fingerprint density at radius 2 is 1.71 bits per heavy atom. The van der Waals surface area contributed by atoms with Crippen LogP contribution in [0, 0.1) is 5.92 Å². The Bertz CT molecular complexity index is 848. The van der Waals surface area contributed by atoms with Crippen LogP contribution in [0.1, 0.15) is 52.1 Å². The number of nitrogens with one attached hydrogen (secondary N) is 1. The summed E-state index contributed by atoms with van der Waals surface area (Å²) in [7, 11) is 0. The second-order valence-corrected chi connectivity index (χ2v) is 8.58. The van der Waals surface area contributed by atoms with E-state index in [0.29, 0.717) is 25.9 Å². The molecule has 0 spiro atoms. The number of hydrogen-bond donors (Lipinski definition) is 1. The minimum atomic E-state index is -0.499. The zero-order chi connectivity index (χ0) is 20.3. The fourth-order valence-electron chi connectivity index (χ4n) is 3.54. The summed E-state index contributed by atoms with van der Waals surface area (Å²) in [5.41, 5.74) is 0.596. The molecule has 0 bridgehead atoms. The fraction of sp³-hybridized carbons (Fsp3) is 0.478. The van der Waals surface area contributed by atoms with E-state index in [-0.39, 0.29) is 24.0 Å². The molecule has 1 heterocycles. The summed E-state index contributed by atoms with van der Waals surface area (Å²) in [5, 5.41) is 5.51. The SMILES string of the molecule is CC(NC(=O)C1CCN(C(=O)OC(C)(C)C)CC1)c1ccc2ccccc2c1. The summed E-state index contributed by atoms with van der Waals surface area (Å²) in [6.07, 6.45) is 1.03. The van der Waals surface area contributed by atoms with Crippen molar-refractivity contribution in [1.82, 2.24) is 10.2 Å². The largest absolute Gasteiger partial charge is 0.444 e. The highest BCUT2D eigenvalue weighted by molar-refractivity contribution is 5.84. The van der Waals surface area contributed by atoms with Gasteiger partial charge in [-0.2, -0.15) is 0 Å². The zero-order valence-corrected chi connectivity index (χ0v) is 17.2. The average molecular weight is 383 g/mol. The van der Waals surface area contributed by atoms with Crippen LogP contribution < -0.4 is 5.32 Å². The third kappa shape index (κ3) is 5.03. The summed E-state index contributed by atoms with van der Waals surface area (Å²) < 4.78 is 5.42. The third-order valence-corrected chi connectivity index (χ3v) is 5.15. The lowest BCUT2D eigenvalue weighted by Gasteiger charge is -2.33. The van der Waals surface area contributed by atoms with Crippen molar-refractivity contribution in [1.29, 1.82) is 0 Å². The van der Waals surface area contributed by atoms with E-state index in [9.17, 15) is 9.59 Å². The highest BCUT2D eigenvalue weighted by atomic mass is 16.6. The van der Waals surface area contributed by atoms with Gasteiger partial charge in [-0.3, -0.25) is 4.79 Å². The van der Waals surface area contributed by atoms with E-state index in [2.05, 4.69) is 35.6 Å². The monoisotopic (exact) mass is 382 g/mol. The minimum absolute atomic E-state index is 0.0546. The second-order valence-electron chi connectivity index (χ2n) is 8.58. The molecule has 0 saturated carbocycles. The predicted octanol–water partition coefficient (Wildman–Crippen LogP) is 4.66. The minimum Gasteiger partial charge on any atom is -0.444 e. The first-order chi connectivity index (χ1) is 13.2. The Labute approximate surface area is 167 Å². The van der Waals surface area contributed by atoms with Gasteiger partial charge in [0.25, 0.3) is 0 Å². The second kappa shape index (κ2) is 8.21. The maximum absolute atomic E-state index is 12.7. The maximum atomic E-state index is 12.7. The van der Waals surface area contributed by atoms with Crippen molar-refractivity contribution < 1.29 is 14.3 Å². The van der Waals surface area contributed by atoms with Crippen molar-refractivity contribution in [3.8, 4) is 0 Å². The first kappa shape index (κ1) is 20.2. The number of piperidine rings is 1. The Morgan fingerprint density at radius 1 is 1.07 bits per heavy atom. The first-order valence-corrected chi connectivity index (χ1v) is 10.00. The molecular weight excluding hydrogens is 352 g/mol. The van der Waals surface area contributed by atoms with E-state index in [4.69, 9.17) is 4.74 Å². The van der Waals surface area contributed by atoms with Gasteiger partial charge in [0.2, 0.25) is 5.91 Å². The molecule has 0 aliphatic carbocycles. The van der Waals surface area contributed by atoms with Crippen LogP contribution in [-0.2, 0) is 9.53 Å². The van der Waals surface area contributed by atoms with Gasteiger partial charge >= 0.3 is 6.09 Å². The average Bonchev–Trinajstić information content (AvgIpc) is 2.66. The van der Waals surface area contributed by atoms with Gasteiger partial charge < -0.3 is 15.0 Å². The molecule has 5 nitrogen and oxygen atoms in total. The number of fused-ring (bicyclic) bond motifs is 1. The lowest BCUT2D eigenvalue weighted by molar-refractivity contribution is -0.127. The molecule has 5 heteroatoms. The summed E-state index contributed by atoms with van der Waals surface area (Å²) in [6.45, 7) is 8.70. The number of carbonyl (C=O) groups excluding carboxylic acids is 2. The molecule has 28 heavy (non-hydrogen) atoms. The molecule has 1 fully saturated rings. The van der Waals surface area contributed by atoms with Crippen LogP contribution in [0.5, 0.6) is 0 Å². The van der Waals surface area contributed by atoms with Gasteiger partial charge in [0.05, 0.1) is 6.04 Å². The number of likely N-dealkylation sites (tertiary alicyclic amines) is 1. The Morgan fingerprint density at radius 3 is 2.36 bits per heavy atom. The van der Waals surface area contributed by atoms with Gasteiger partial charge in [0, 0.05) is 19.0 Å². The fourth-order valence-corrected chi connectivity index (χ4v) is 3.54. The van der Waals surface area contributed by atoms with Gasteiger partial charge in [0.15, 0.2) is 0 Å². The highest BCUT2D eigenvalue weighted by Crippen LogP contribution is 2.23. The Balaban J connectivity index is 1.54. The normalized spacial score (nSPS) is 16.6. The van der Waals surface area contributed by atoms with Crippen LogP contribution in [0.2, 0.25) is 0 Å². The molecule has 2 aromatic rings. The molecular formula is C23H30N2O3. The zero-order valence-electron chi connectivity index (χ0n) is 17.2. The molecule has 3 rings (SSSR count). The van der Waals surface area contributed by atoms with E-state index in [0.717, 1.165) is 5.56 Å². The van der Waals surface area contributed by atoms with Crippen molar-refractivity contribution in [2.24, 2.45) is 5.92 Å². The van der Waals surface area contributed by atoms with Crippen molar-refractivity contribution in [2.45, 2.75) is 52.2 Å². The predicted molar refractivity (Wildman–Crippen MR) is 111 cm³/mol. The Hall–Kier alpha value is -2.56. The van der Waals surface area contributed by atoms with Crippen LogP contribution in [0.15, 0.2) is 42.5 Å². The Kier molecular flexibility index (Phi) is 5.92. The molecule has 150 valence electrons. The van der Waals surface area contributed by atoms with Crippen molar-refractivity contribution in [3.05, 3.63) is 48.0 Å². The third-order valence-electron chi connectivity index (χ3n) is 5.15. The molecule has 0 radical (unpaired) electrons. The van der Waals surface area contributed by atoms with E-state index in [1.54, 1.807) is 4.90 Å². The number of ether oxygens (including phenoxy) is 1. The van der Waals surface area contributed by atoms with Crippen LogP contribution in [0.25, 0.3) is 10.8 Å². The smallest absolute Gasteiger partial charge is 0.410 e. The van der Waals surface area contributed by atoms with Crippen LogP contribution >= 0.6 is 0 Å². The number of benzene rings is 2. The molecule has 2 amide bonds. The highest BCUT2D eigenvalue weighted by Gasteiger charge is 2.30. The van der Waals surface area contributed by atoms with Crippen molar-refractivity contribution in [3.63, 3.8) is 0 Å². The van der Waals surface area contributed by atoms with E-state index < -0.39 is 5.60 Å². The quantitative estimate of drug-likeness (QED) is 0.840. The van der Waals surface area contributed by atoms with E-state index >= 15 is 0 Å².